The van der Waals surface area contributed by atoms with Crippen molar-refractivity contribution in [1.29, 1.82) is 0 Å². The molecule has 1 rings (SSSR count). The van der Waals surface area contributed by atoms with E-state index >= 15 is 0 Å². The fourth-order valence-electron chi connectivity index (χ4n) is 1.44. The quantitative estimate of drug-likeness (QED) is 0.498. The summed E-state index contributed by atoms with van der Waals surface area (Å²) in [4.78, 5) is 22.5. The molecule has 13 heavy (non-hydrogen) atoms. The highest BCUT2D eigenvalue weighted by molar-refractivity contribution is 5.98. The minimum Gasteiger partial charge on any atom is -0.465 e. The number of esters is 1. The predicted octanol–water partition coefficient (Wildman–Crippen LogP) is 0.322. The van der Waals surface area contributed by atoms with Crippen LogP contribution in [0.1, 0.15) is 20.3 Å². The van der Waals surface area contributed by atoms with Gasteiger partial charge in [-0.15, -0.1) is 0 Å². The third kappa shape index (κ3) is 2.44. The van der Waals surface area contributed by atoms with Gasteiger partial charge in [0.15, 0.2) is 0 Å². The topological polar surface area (TPSA) is 55.4 Å². The number of carbonyl (C=O) groups excluding carboxylic acids is 2. The van der Waals surface area contributed by atoms with Gasteiger partial charge in [0, 0.05) is 6.54 Å². The van der Waals surface area contributed by atoms with Crippen LogP contribution in [0, 0.1) is 11.8 Å². The van der Waals surface area contributed by atoms with Crippen LogP contribution in [0.15, 0.2) is 0 Å². The first-order chi connectivity index (χ1) is 6.15. The van der Waals surface area contributed by atoms with Crippen LogP contribution in [0.2, 0.25) is 0 Å². The average molecular weight is 185 g/mol. The lowest BCUT2D eigenvalue weighted by Gasteiger charge is -2.25. The monoisotopic (exact) mass is 185 g/mol. The minimum atomic E-state index is -0.594. The number of hydrogen-bond acceptors (Lipinski definition) is 3. The third-order valence-corrected chi connectivity index (χ3v) is 2.15. The molecule has 1 amide bonds. The maximum Gasteiger partial charge on any atom is 0.318 e. The van der Waals surface area contributed by atoms with E-state index in [4.69, 9.17) is 4.74 Å². The van der Waals surface area contributed by atoms with Gasteiger partial charge >= 0.3 is 5.97 Å². The Morgan fingerprint density at radius 3 is 3.00 bits per heavy atom. The van der Waals surface area contributed by atoms with Crippen molar-refractivity contribution in [2.75, 3.05) is 13.2 Å². The molecule has 0 unspecified atom stereocenters. The number of ether oxygens (including phenoxy) is 1. The van der Waals surface area contributed by atoms with Gasteiger partial charge in [-0.05, 0) is 19.3 Å². The Hall–Kier alpha value is -1.06. The number of hydrogen-bond donors (Lipinski definition) is 1. The van der Waals surface area contributed by atoms with Crippen LogP contribution >= 0.6 is 0 Å². The van der Waals surface area contributed by atoms with E-state index in [1.54, 1.807) is 6.92 Å². The van der Waals surface area contributed by atoms with Crippen LogP contribution < -0.4 is 5.32 Å². The zero-order chi connectivity index (χ0) is 9.84. The zero-order valence-electron chi connectivity index (χ0n) is 8.00. The molecular formula is C9H15NO3. The van der Waals surface area contributed by atoms with Crippen LogP contribution in [-0.2, 0) is 14.3 Å². The zero-order valence-corrected chi connectivity index (χ0v) is 8.00. The summed E-state index contributed by atoms with van der Waals surface area (Å²) in [6.45, 7) is 4.74. The van der Waals surface area contributed by atoms with Crippen LogP contribution in [-0.4, -0.2) is 25.0 Å². The summed E-state index contributed by atoms with van der Waals surface area (Å²) >= 11 is 0. The molecule has 1 fully saturated rings. The number of carbonyl (C=O) groups is 2. The van der Waals surface area contributed by atoms with E-state index in [9.17, 15) is 9.59 Å². The molecule has 0 aromatic carbocycles. The molecule has 1 aliphatic rings. The lowest BCUT2D eigenvalue weighted by Crippen LogP contribution is -2.44. The fraction of sp³-hybridized carbons (Fsp3) is 0.778. The van der Waals surface area contributed by atoms with Gasteiger partial charge in [-0.25, -0.2) is 0 Å². The van der Waals surface area contributed by atoms with Crippen molar-refractivity contribution >= 4 is 11.9 Å². The molecule has 0 spiro atoms. The number of rotatable bonds is 2. The second kappa shape index (κ2) is 4.25. The molecule has 0 saturated carbocycles. The third-order valence-electron chi connectivity index (χ3n) is 2.15. The predicted molar refractivity (Wildman–Crippen MR) is 46.9 cm³/mol. The van der Waals surface area contributed by atoms with Gasteiger partial charge in [0.1, 0.15) is 5.92 Å². The molecule has 74 valence electrons. The van der Waals surface area contributed by atoms with Crippen molar-refractivity contribution in [3.63, 3.8) is 0 Å². The Kier molecular flexibility index (Phi) is 3.28. The van der Waals surface area contributed by atoms with Crippen molar-refractivity contribution < 1.29 is 14.3 Å². The molecule has 0 aromatic heterocycles. The highest BCUT2D eigenvalue weighted by Crippen LogP contribution is 2.17. The van der Waals surface area contributed by atoms with Gasteiger partial charge in [-0.2, -0.15) is 0 Å². The van der Waals surface area contributed by atoms with Crippen molar-refractivity contribution in [3.05, 3.63) is 0 Å². The fourth-order valence-corrected chi connectivity index (χ4v) is 1.44. The lowest BCUT2D eigenvalue weighted by molar-refractivity contribution is -0.154. The summed E-state index contributed by atoms with van der Waals surface area (Å²) in [6, 6.07) is 0. The van der Waals surface area contributed by atoms with Crippen LogP contribution in [0.25, 0.3) is 0 Å². The summed E-state index contributed by atoms with van der Waals surface area (Å²) < 4.78 is 4.80. The lowest BCUT2D eigenvalue weighted by atomic mass is 9.91. The number of nitrogens with one attached hydrogen (secondary N) is 1. The van der Waals surface area contributed by atoms with E-state index in [1.165, 1.54) is 0 Å². The van der Waals surface area contributed by atoms with E-state index in [0.717, 1.165) is 0 Å². The average Bonchev–Trinajstić information content (AvgIpc) is 2.09. The van der Waals surface area contributed by atoms with Crippen molar-refractivity contribution in [1.82, 2.24) is 5.32 Å². The Morgan fingerprint density at radius 1 is 1.69 bits per heavy atom. The first kappa shape index (κ1) is 10.0. The second-order valence-electron chi connectivity index (χ2n) is 3.39. The van der Waals surface area contributed by atoms with E-state index in [1.807, 2.05) is 6.92 Å². The molecule has 4 heteroatoms. The Bertz CT molecular complexity index is 215. The summed E-state index contributed by atoms with van der Waals surface area (Å²) in [5, 5.41) is 2.68. The summed E-state index contributed by atoms with van der Waals surface area (Å²) in [7, 11) is 0. The van der Waals surface area contributed by atoms with Crippen molar-refractivity contribution in [2.45, 2.75) is 20.3 Å². The Balaban J connectivity index is 2.55. The molecule has 2 atom stereocenters. The standard InChI is InChI=1S/C9H15NO3/c1-3-13-9(12)7-4-6(2)5-10-8(7)11/h6-7H,3-5H2,1-2H3,(H,10,11)/t6-,7-/m1/s1. The minimum absolute atomic E-state index is 0.198. The molecule has 1 N–H and O–H groups in total. The smallest absolute Gasteiger partial charge is 0.318 e. The van der Waals surface area contributed by atoms with Gasteiger partial charge < -0.3 is 10.1 Å². The SMILES string of the molecule is CCOC(=O)[C@@H]1C[C@@H](C)CNC1=O. The number of amides is 1. The Morgan fingerprint density at radius 2 is 2.38 bits per heavy atom. The summed E-state index contributed by atoms with van der Waals surface area (Å²) in [5.41, 5.74) is 0. The van der Waals surface area contributed by atoms with E-state index in [0.29, 0.717) is 25.5 Å². The van der Waals surface area contributed by atoms with Gasteiger partial charge in [0.2, 0.25) is 5.91 Å². The maximum atomic E-state index is 11.3. The van der Waals surface area contributed by atoms with Gasteiger partial charge in [0.25, 0.3) is 0 Å². The van der Waals surface area contributed by atoms with Crippen LogP contribution in [0.3, 0.4) is 0 Å². The molecule has 0 bridgehead atoms. The van der Waals surface area contributed by atoms with Crippen LogP contribution in [0.4, 0.5) is 0 Å². The van der Waals surface area contributed by atoms with E-state index in [-0.39, 0.29) is 5.91 Å². The summed E-state index contributed by atoms with van der Waals surface area (Å²) in [5.74, 6) is -0.834. The highest BCUT2D eigenvalue weighted by Gasteiger charge is 2.33. The van der Waals surface area contributed by atoms with Gasteiger partial charge in [-0.1, -0.05) is 6.92 Å². The largest absolute Gasteiger partial charge is 0.465 e. The van der Waals surface area contributed by atoms with E-state index in [2.05, 4.69) is 5.32 Å². The molecular weight excluding hydrogens is 170 g/mol. The molecule has 1 heterocycles. The van der Waals surface area contributed by atoms with E-state index < -0.39 is 11.9 Å². The summed E-state index contributed by atoms with van der Waals surface area (Å²) in [6.07, 6.45) is 0.602. The first-order valence-electron chi connectivity index (χ1n) is 4.59. The Labute approximate surface area is 77.6 Å². The van der Waals surface area contributed by atoms with Crippen molar-refractivity contribution in [2.24, 2.45) is 11.8 Å². The maximum absolute atomic E-state index is 11.3. The first-order valence-corrected chi connectivity index (χ1v) is 4.59. The highest BCUT2D eigenvalue weighted by atomic mass is 16.5. The molecule has 0 radical (unpaired) electrons. The second-order valence-corrected chi connectivity index (χ2v) is 3.39. The van der Waals surface area contributed by atoms with Gasteiger partial charge in [0.05, 0.1) is 6.61 Å². The van der Waals surface area contributed by atoms with Crippen molar-refractivity contribution in [3.8, 4) is 0 Å². The number of piperidine rings is 1. The molecule has 4 nitrogen and oxygen atoms in total. The van der Waals surface area contributed by atoms with Crippen LogP contribution in [0.5, 0.6) is 0 Å². The molecule has 1 saturated heterocycles. The normalized spacial score (nSPS) is 28.0. The molecule has 0 aliphatic carbocycles. The molecule has 1 aliphatic heterocycles. The molecule has 0 aromatic rings. The van der Waals surface area contributed by atoms with Gasteiger partial charge in [-0.3, -0.25) is 9.59 Å².